The van der Waals surface area contributed by atoms with Gasteiger partial charge in [-0.2, -0.15) is 13.2 Å². The van der Waals surface area contributed by atoms with E-state index in [4.69, 9.17) is 4.74 Å². The van der Waals surface area contributed by atoms with Crippen molar-refractivity contribution in [2.75, 3.05) is 6.61 Å². The number of rotatable bonds is 6. The third-order valence-electron chi connectivity index (χ3n) is 2.47. The van der Waals surface area contributed by atoms with Crippen LogP contribution in [0.15, 0.2) is 24.3 Å². The Balaban J connectivity index is 2.21. The van der Waals surface area contributed by atoms with Crippen LogP contribution in [0.2, 0.25) is 0 Å². The van der Waals surface area contributed by atoms with Crippen molar-refractivity contribution in [2.45, 2.75) is 38.5 Å². The van der Waals surface area contributed by atoms with Crippen LogP contribution < -0.4 is 4.74 Å². The van der Waals surface area contributed by atoms with Gasteiger partial charge < -0.3 is 9.84 Å². The Hall–Kier alpha value is -1.23. The van der Waals surface area contributed by atoms with Gasteiger partial charge in [0.25, 0.3) is 0 Å². The summed E-state index contributed by atoms with van der Waals surface area (Å²) in [5.74, 6) is 0.665. The van der Waals surface area contributed by atoms with Crippen LogP contribution in [0.3, 0.4) is 0 Å². The molecule has 1 N–H and O–H groups in total. The first-order valence-electron chi connectivity index (χ1n) is 5.81. The summed E-state index contributed by atoms with van der Waals surface area (Å²) in [6, 6.07) is 7.37. The molecule has 0 saturated carbocycles. The number of aliphatic hydroxyl groups is 1. The third-order valence-corrected chi connectivity index (χ3v) is 2.47. The predicted octanol–water partition coefficient (Wildman–Crippen LogP) is 3.47. The molecule has 5 heteroatoms. The first-order chi connectivity index (χ1) is 8.37. The summed E-state index contributed by atoms with van der Waals surface area (Å²) in [4.78, 5) is 0. The molecule has 1 aromatic carbocycles. The molecular formula is C13H17F3O2. The van der Waals surface area contributed by atoms with Gasteiger partial charge in [-0.25, -0.2) is 0 Å². The van der Waals surface area contributed by atoms with Gasteiger partial charge in [0.15, 0.2) is 0 Å². The molecule has 1 atom stereocenters. The Labute approximate surface area is 104 Å². The molecule has 102 valence electrons. The second-order valence-electron chi connectivity index (χ2n) is 4.26. The second kappa shape index (κ2) is 6.64. The molecule has 18 heavy (non-hydrogen) atoms. The highest BCUT2D eigenvalue weighted by Crippen LogP contribution is 2.23. The average Bonchev–Trinajstić information content (AvgIpc) is 2.25. The quantitative estimate of drug-likeness (QED) is 0.850. The van der Waals surface area contributed by atoms with E-state index in [2.05, 4.69) is 0 Å². The molecule has 0 spiro atoms. The van der Waals surface area contributed by atoms with Gasteiger partial charge in [0.05, 0.1) is 12.7 Å². The van der Waals surface area contributed by atoms with Gasteiger partial charge in [-0.15, -0.1) is 0 Å². The molecule has 1 unspecified atom stereocenters. The maximum atomic E-state index is 11.9. The lowest BCUT2D eigenvalue weighted by Crippen LogP contribution is -2.16. The van der Waals surface area contributed by atoms with Gasteiger partial charge in [0.1, 0.15) is 5.75 Å². The highest BCUT2D eigenvalue weighted by Gasteiger charge is 2.27. The van der Waals surface area contributed by atoms with E-state index in [0.29, 0.717) is 5.75 Å². The first-order valence-corrected chi connectivity index (χ1v) is 5.81. The zero-order chi connectivity index (χ0) is 13.6. The van der Waals surface area contributed by atoms with Crippen LogP contribution in [0.25, 0.3) is 0 Å². The van der Waals surface area contributed by atoms with Crippen molar-refractivity contribution < 1.29 is 23.0 Å². The van der Waals surface area contributed by atoms with E-state index in [1.54, 1.807) is 6.07 Å². The number of hydrogen-bond donors (Lipinski definition) is 1. The van der Waals surface area contributed by atoms with Gasteiger partial charge in [0.2, 0.25) is 0 Å². The molecule has 2 nitrogen and oxygen atoms in total. The van der Waals surface area contributed by atoms with Gasteiger partial charge in [-0.3, -0.25) is 0 Å². The minimum atomic E-state index is -4.21. The number of aryl methyl sites for hydroxylation is 1. The Morgan fingerprint density at radius 2 is 2.00 bits per heavy atom. The van der Waals surface area contributed by atoms with Crippen molar-refractivity contribution in [3.8, 4) is 5.75 Å². The number of halogens is 3. The Morgan fingerprint density at radius 3 is 2.61 bits per heavy atom. The Kier molecular flexibility index (Phi) is 5.47. The molecular weight excluding hydrogens is 245 g/mol. The molecule has 0 aliphatic rings. The van der Waals surface area contributed by atoms with Crippen LogP contribution in [-0.2, 0) is 0 Å². The lowest BCUT2D eigenvalue weighted by Gasteiger charge is -2.13. The molecule has 0 radical (unpaired) electrons. The van der Waals surface area contributed by atoms with Crippen molar-refractivity contribution in [1.82, 2.24) is 0 Å². The van der Waals surface area contributed by atoms with Crippen LogP contribution >= 0.6 is 0 Å². The van der Waals surface area contributed by atoms with Crippen LogP contribution in [0.1, 0.15) is 24.8 Å². The number of aliphatic hydroxyl groups excluding tert-OH is 1. The van der Waals surface area contributed by atoms with E-state index in [1.807, 2.05) is 25.1 Å². The summed E-state index contributed by atoms with van der Waals surface area (Å²) in [5, 5.41) is 9.37. The van der Waals surface area contributed by atoms with E-state index in [-0.39, 0.29) is 19.4 Å². The number of ether oxygens (including phenoxy) is 1. The number of benzene rings is 1. The third kappa shape index (κ3) is 6.49. The summed E-state index contributed by atoms with van der Waals surface area (Å²) < 4.78 is 41.1. The normalized spacial score (nSPS) is 13.4. The Morgan fingerprint density at radius 1 is 1.28 bits per heavy atom. The molecule has 0 aliphatic heterocycles. The summed E-state index contributed by atoms with van der Waals surface area (Å²) in [5.41, 5.74) is 1.05. The monoisotopic (exact) mass is 262 g/mol. The Bertz CT molecular complexity index is 363. The smallest absolute Gasteiger partial charge is 0.389 e. The predicted molar refractivity (Wildman–Crippen MR) is 62.6 cm³/mol. The summed E-state index contributed by atoms with van der Waals surface area (Å²) in [6.45, 7) is 2.13. The largest absolute Gasteiger partial charge is 0.493 e. The van der Waals surface area contributed by atoms with Crippen LogP contribution in [-0.4, -0.2) is 24.0 Å². The molecule has 0 aromatic heterocycles. The fourth-order valence-electron chi connectivity index (χ4n) is 1.49. The molecule has 0 saturated heterocycles. The zero-order valence-corrected chi connectivity index (χ0v) is 10.2. The lowest BCUT2D eigenvalue weighted by atomic mass is 10.1. The van der Waals surface area contributed by atoms with Crippen LogP contribution in [0.5, 0.6) is 5.75 Å². The zero-order valence-electron chi connectivity index (χ0n) is 10.2. The van der Waals surface area contributed by atoms with E-state index in [9.17, 15) is 18.3 Å². The molecule has 0 aliphatic carbocycles. The molecule has 1 aromatic rings. The summed E-state index contributed by atoms with van der Waals surface area (Å²) >= 11 is 0. The summed E-state index contributed by atoms with van der Waals surface area (Å²) in [7, 11) is 0. The van der Waals surface area contributed by atoms with Gasteiger partial charge >= 0.3 is 6.18 Å². The highest BCUT2D eigenvalue weighted by atomic mass is 19.4. The molecule has 0 heterocycles. The van der Waals surface area contributed by atoms with Crippen LogP contribution in [0.4, 0.5) is 13.2 Å². The minimum Gasteiger partial charge on any atom is -0.493 e. The van der Waals surface area contributed by atoms with E-state index in [0.717, 1.165) is 5.56 Å². The van der Waals surface area contributed by atoms with E-state index < -0.39 is 18.7 Å². The minimum absolute atomic E-state index is 0.198. The highest BCUT2D eigenvalue weighted by molar-refractivity contribution is 5.27. The number of hydrogen-bond acceptors (Lipinski definition) is 2. The molecule has 1 rings (SSSR count). The van der Waals surface area contributed by atoms with E-state index >= 15 is 0 Å². The van der Waals surface area contributed by atoms with Crippen molar-refractivity contribution in [3.05, 3.63) is 29.8 Å². The van der Waals surface area contributed by atoms with Gasteiger partial charge in [-0.1, -0.05) is 12.1 Å². The molecule has 0 bridgehead atoms. The SMILES string of the molecule is Cc1cccc(OCCC(O)CCC(F)(F)F)c1. The standard InChI is InChI=1S/C13H17F3O2/c1-10-3-2-4-12(9-10)18-8-6-11(17)5-7-13(14,15)16/h2-4,9,11,17H,5-8H2,1H3. The fraction of sp³-hybridized carbons (Fsp3) is 0.538. The topological polar surface area (TPSA) is 29.5 Å². The molecule has 0 fully saturated rings. The van der Waals surface area contributed by atoms with Crippen molar-refractivity contribution in [1.29, 1.82) is 0 Å². The first kappa shape index (κ1) is 14.8. The maximum absolute atomic E-state index is 11.9. The molecule has 0 amide bonds. The van der Waals surface area contributed by atoms with Crippen molar-refractivity contribution in [3.63, 3.8) is 0 Å². The van der Waals surface area contributed by atoms with E-state index in [1.165, 1.54) is 0 Å². The maximum Gasteiger partial charge on any atom is 0.389 e. The van der Waals surface area contributed by atoms with Gasteiger partial charge in [0, 0.05) is 12.8 Å². The van der Waals surface area contributed by atoms with Crippen molar-refractivity contribution >= 4 is 0 Å². The summed E-state index contributed by atoms with van der Waals surface area (Å²) in [6.07, 6.45) is -6.22. The lowest BCUT2D eigenvalue weighted by molar-refractivity contribution is -0.140. The second-order valence-corrected chi connectivity index (χ2v) is 4.26. The fourth-order valence-corrected chi connectivity index (χ4v) is 1.49. The average molecular weight is 262 g/mol. The van der Waals surface area contributed by atoms with Crippen molar-refractivity contribution in [2.24, 2.45) is 0 Å². The number of alkyl halides is 3. The van der Waals surface area contributed by atoms with Crippen LogP contribution in [0, 0.1) is 6.92 Å². The van der Waals surface area contributed by atoms with Gasteiger partial charge in [-0.05, 0) is 31.0 Å².